The summed E-state index contributed by atoms with van der Waals surface area (Å²) in [5.41, 5.74) is 6.10. The van der Waals surface area contributed by atoms with Gasteiger partial charge in [-0.1, -0.05) is 0 Å². The minimum absolute atomic E-state index is 0.00595. The molecule has 3 N–H and O–H groups in total. The van der Waals surface area contributed by atoms with E-state index in [-0.39, 0.29) is 28.3 Å². The minimum Gasteiger partial charge on any atom is -0.507 e. The van der Waals surface area contributed by atoms with Crippen LogP contribution in [0, 0.1) is 16.9 Å². The smallest absolute Gasteiger partial charge is 0.419 e. The number of rotatable bonds is 3. The number of aromatic hydroxyl groups is 1. The lowest BCUT2D eigenvalue weighted by Crippen LogP contribution is -2.05. The van der Waals surface area contributed by atoms with Crippen molar-refractivity contribution < 1.29 is 18.3 Å². The first kappa shape index (κ1) is 16.2. The van der Waals surface area contributed by atoms with Crippen LogP contribution >= 0.6 is 0 Å². The predicted octanol–water partition coefficient (Wildman–Crippen LogP) is 4.05. The zero-order valence-corrected chi connectivity index (χ0v) is 11.7. The van der Waals surface area contributed by atoms with Crippen LogP contribution in [0.3, 0.4) is 0 Å². The van der Waals surface area contributed by atoms with E-state index in [1.54, 1.807) is 6.07 Å². The van der Waals surface area contributed by atoms with Crippen molar-refractivity contribution >= 4 is 11.4 Å². The number of halogens is 3. The van der Waals surface area contributed by atoms with E-state index >= 15 is 0 Å². The molecule has 0 fully saturated rings. The van der Waals surface area contributed by atoms with Crippen LogP contribution in [0.4, 0.5) is 24.5 Å². The molecule has 6 nitrogen and oxygen atoms in total. The van der Waals surface area contributed by atoms with Gasteiger partial charge in [-0.05, 0) is 24.3 Å². The highest BCUT2D eigenvalue weighted by Crippen LogP contribution is 2.39. The third-order valence-electron chi connectivity index (χ3n) is 3.08. The fourth-order valence-electron chi connectivity index (χ4n) is 1.99. The SMILES string of the molecule is CNc1cc(-c2ccc(O)c(C(F)(F)F)c2)nc(C#N)c1N=N. The van der Waals surface area contributed by atoms with E-state index in [0.717, 1.165) is 12.1 Å². The number of alkyl halides is 3. The average molecular weight is 321 g/mol. The van der Waals surface area contributed by atoms with E-state index < -0.39 is 17.5 Å². The number of anilines is 1. The summed E-state index contributed by atoms with van der Waals surface area (Å²) in [7, 11) is 1.52. The van der Waals surface area contributed by atoms with Gasteiger partial charge in [-0.15, -0.1) is 0 Å². The summed E-state index contributed by atoms with van der Waals surface area (Å²) in [6, 6.07) is 6.04. The van der Waals surface area contributed by atoms with Gasteiger partial charge in [0.2, 0.25) is 0 Å². The van der Waals surface area contributed by atoms with Crippen LogP contribution in [0.1, 0.15) is 11.3 Å². The number of phenolic OH excluding ortho intramolecular Hbond substituents is 1. The first-order valence-electron chi connectivity index (χ1n) is 6.22. The Morgan fingerprint density at radius 2 is 2.04 bits per heavy atom. The normalized spacial score (nSPS) is 10.9. The Labute approximate surface area is 128 Å². The van der Waals surface area contributed by atoms with Crippen LogP contribution in [0.15, 0.2) is 29.4 Å². The Morgan fingerprint density at radius 1 is 1.35 bits per heavy atom. The fraction of sp³-hybridized carbons (Fsp3) is 0.143. The van der Waals surface area contributed by atoms with E-state index in [2.05, 4.69) is 15.4 Å². The van der Waals surface area contributed by atoms with Crippen LogP contribution in [-0.4, -0.2) is 17.1 Å². The average Bonchev–Trinajstić information content (AvgIpc) is 2.52. The molecular formula is C14H10F3N5O. The highest BCUT2D eigenvalue weighted by Gasteiger charge is 2.34. The molecule has 0 aliphatic rings. The number of aromatic nitrogens is 1. The van der Waals surface area contributed by atoms with E-state index in [9.17, 15) is 18.3 Å². The molecule has 0 saturated carbocycles. The second-order valence-electron chi connectivity index (χ2n) is 4.46. The number of hydrogen-bond donors (Lipinski definition) is 3. The van der Waals surface area contributed by atoms with Crippen LogP contribution in [0.25, 0.3) is 11.3 Å². The Kier molecular flexibility index (Phi) is 4.18. The maximum Gasteiger partial charge on any atom is 0.419 e. The third-order valence-corrected chi connectivity index (χ3v) is 3.08. The highest BCUT2D eigenvalue weighted by molar-refractivity contribution is 5.76. The van der Waals surface area contributed by atoms with Gasteiger partial charge in [-0.25, -0.2) is 10.5 Å². The predicted molar refractivity (Wildman–Crippen MR) is 75.4 cm³/mol. The first-order chi connectivity index (χ1) is 10.8. The van der Waals surface area contributed by atoms with Crippen LogP contribution in [0.2, 0.25) is 0 Å². The second kappa shape index (κ2) is 5.92. The molecule has 0 bridgehead atoms. The molecule has 9 heteroatoms. The van der Waals surface area contributed by atoms with Crippen molar-refractivity contribution in [3.8, 4) is 23.1 Å². The Hall–Kier alpha value is -3.15. The molecule has 0 amide bonds. The van der Waals surface area contributed by atoms with Gasteiger partial charge in [0.05, 0.1) is 16.9 Å². The van der Waals surface area contributed by atoms with Gasteiger partial charge in [0.15, 0.2) is 5.69 Å². The van der Waals surface area contributed by atoms with E-state index in [1.165, 1.54) is 19.2 Å². The second-order valence-corrected chi connectivity index (χ2v) is 4.46. The van der Waals surface area contributed by atoms with Crippen LogP contribution in [0.5, 0.6) is 5.75 Å². The standard InChI is InChI=1S/C14H10F3N5O/c1-20-10-5-9(21-11(6-18)13(10)22-19)7-2-3-12(23)8(4-7)14(15,16)17/h2-5,19,23H,1H3,(H,20,21). The van der Waals surface area contributed by atoms with Gasteiger partial charge in [0.1, 0.15) is 17.5 Å². The number of hydrogen-bond acceptors (Lipinski definition) is 6. The monoisotopic (exact) mass is 321 g/mol. The van der Waals surface area contributed by atoms with Crippen molar-refractivity contribution in [3.05, 3.63) is 35.5 Å². The molecule has 0 spiro atoms. The summed E-state index contributed by atoms with van der Waals surface area (Å²) in [4.78, 5) is 3.93. The van der Waals surface area contributed by atoms with Crippen molar-refractivity contribution in [1.29, 1.82) is 10.8 Å². The number of pyridine rings is 1. The largest absolute Gasteiger partial charge is 0.507 e. The van der Waals surface area contributed by atoms with Gasteiger partial charge in [-0.2, -0.15) is 23.5 Å². The van der Waals surface area contributed by atoms with Crippen molar-refractivity contribution in [2.75, 3.05) is 12.4 Å². The summed E-state index contributed by atoms with van der Waals surface area (Å²) in [6.45, 7) is 0. The highest BCUT2D eigenvalue weighted by atomic mass is 19.4. The van der Waals surface area contributed by atoms with E-state index in [1.807, 2.05) is 0 Å². The molecule has 0 aliphatic heterocycles. The quantitative estimate of drug-likeness (QED) is 0.742. The van der Waals surface area contributed by atoms with Crippen LogP contribution < -0.4 is 5.32 Å². The fourth-order valence-corrected chi connectivity index (χ4v) is 1.99. The molecule has 23 heavy (non-hydrogen) atoms. The zero-order chi connectivity index (χ0) is 17.2. The Bertz CT molecular complexity index is 811. The molecule has 0 aliphatic carbocycles. The molecule has 1 aromatic heterocycles. The van der Waals surface area contributed by atoms with Crippen molar-refractivity contribution in [3.63, 3.8) is 0 Å². The lowest BCUT2D eigenvalue weighted by molar-refractivity contribution is -0.138. The van der Waals surface area contributed by atoms with E-state index in [0.29, 0.717) is 0 Å². The number of nitrogens with zero attached hydrogens (tertiary/aromatic N) is 3. The van der Waals surface area contributed by atoms with Gasteiger partial charge in [0, 0.05) is 12.6 Å². The lowest BCUT2D eigenvalue weighted by Gasteiger charge is -2.12. The minimum atomic E-state index is -4.72. The number of phenols is 1. The molecule has 2 aromatic rings. The molecule has 118 valence electrons. The Balaban J connectivity index is 2.68. The number of nitriles is 1. The number of nitrogens with one attached hydrogen (secondary N) is 2. The molecule has 0 unspecified atom stereocenters. The zero-order valence-electron chi connectivity index (χ0n) is 11.7. The maximum absolute atomic E-state index is 12.9. The van der Waals surface area contributed by atoms with Gasteiger partial charge in [0.25, 0.3) is 0 Å². The lowest BCUT2D eigenvalue weighted by atomic mass is 10.0. The number of benzene rings is 1. The van der Waals surface area contributed by atoms with Crippen molar-refractivity contribution in [1.82, 2.24) is 4.98 Å². The maximum atomic E-state index is 12.9. The molecule has 0 saturated heterocycles. The summed E-state index contributed by atoms with van der Waals surface area (Å²) >= 11 is 0. The Morgan fingerprint density at radius 3 is 2.57 bits per heavy atom. The molecule has 2 rings (SSSR count). The van der Waals surface area contributed by atoms with Crippen molar-refractivity contribution in [2.24, 2.45) is 5.11 Å². The third kappa shape index (κ3) is 3.06. The van der Waals surface area contributed by atoms with E-state index in [4.69, 9.17) is 10.8 Å². The van der Waals surface area contributed by atoms with Crippen LogP contribution in [-0.2, 0) is 6.18 Å². The summed E-state index contributed by atoms with van der Waals surface area (Å²) < 4.78 is 38.6. The molecular weight excluding hydrogens is 311 g/mol. The summed E-state index contributed by atoms with van der Waals surface area (Å²) in [5.74, 6) is -0.895. The van der Waals surface area contributed by atoms with Gasteiger partial charge >= 0.3 is 6.18 Å². The molecule has 0 radical (unpaired) electrons. The van der Waals surface area contributed by atoms with Gasteiger partial charge in [-0.3, -0.25) is 0 Å². The summed E-state index contributed by atoms with van der Waals surface area (Å²) in [5, 5.41) is 24.3. The van der Waals surface area contributed by atoms with Crippen molar-refractivity contribution in [2.45, 2.75) is 6.18 Å². The molecule has 1 heterocycles. The summed E-state index contributed by atoms with van der Waals surface area (Å²) in [6.07, 6.45) is -4.72. The topological polar surface area (TPSA) is 105 Å². The molecule has 0 atom stereocenters. The first-order valence-corrected chi connectivity index (χ1v) is 6.22. The molecule has 1 aromatic carbocycles. The van der Waals surface area contributed by atoms with Gasteiger partial charge < -0.3 is 10.4 Å².